The highest BCUT2D eigenvalue weighted by atomic mass is 16.3. The van der Waals surface area contributed by atoms with E-state index in [9.17, 15) is 10.2 Å². The molecular weight excluding hydrogens is 380 g/mol. The molecule has 31 heavy (non-hydrogen) atoms. The van der Waals surface area contributed by atoms with Crippen LogP contribution in [0.4, 0.5) is 0 Å². The molecule has 0 radical (unpaired) electrons. The third-order valence-electron chi connectivity index (χ3n) is 11.3. The van der Waals surface area contributed by atoms with Gasteiger partial charge in [-0.25, -0.2) is 0 Å². The Labute approximate surface area is 192 Å². The lowest BCUT2D eigenvalue weighted by Gasteiger charge is -2.60. The van der Waals surface area contributed by atoms with Crippen LogP contribution in [0.3, 0.4) is 0 Å². The maximum absolute atomic E-state index is 11.2. The van der Waals surface area contributed by atoms with Crippen LogP contribution in [0.2, 0.25) is 0 Å². The molecule has 0 aromatic heterocycles. The summed E-state index contributed by atoms with van der Waals surface area (Å²) in [6, 6.07) is 0. The van der Waals surface area contributed by atoms with Crippen LogP contribution in [-0.2, 0) is 0 Å². The van der Waals surface area contributed by atoms with Crippen molar-refractivity contribution in [3.8, 4) is 0 Å². The minimum atomic E-state index is -0.349. The number of aliphatic hydroxyl groups excluding tert-OH is 2. The number of aliphatic hydroxyl groups is 2. The van der Waals surface area contributed by atoms with Crippen molar-refractivity contribution >= 4 is 0 Å². The van der Waals surface area contributed by atoms with E-state index in [4.69, 9.17) is 0 Å². The summed E-state index contributed by atoms with van der Waals surface area (Å²) in [5.74, 6) is 5.52. The summed E-state index contributed by atoms with van der Waals surface area (Å²) in [6.07, 6.45) is 13.8. The van der Waals surface area contributed by atoms with E-state index in [0.717, 1.165) is 48.9 Å². The Morgan fingerprint density at radius 3 is 2.39 bits per heavy atom. The van der Waals surface area contributed by atoms with Crippen molar-refractivity contribution in [2.75, 3.05) is 0 Å². The first kappa shape index (κ1) is 23.8. The van der Waals surface area contributed by atoms with Crippen molar-refractivity contribution < 1.29 is 10.2 Å². The van der Waals surface area contributed by atoms with Crippen LogP contribution in [0, 0.1) is 52.3 Å². The molecule has 3 fully saturated rings. The lowest BCUT2D eigenvalue weighted by Crippen LogP contribution is -2.54. The smallest absolute Gasteiger partial charge is 0.0759 e. The Hall–Kier alpha value is -0.340. The van der Waals surface area contributed by atoms with E-state index >= 15 is 0 Å². The number of hydrogen-bond acceptors (Lipinski definition) is 2. The Morgan fingerprint density at radius 2 is 1.71 bits per heavy atom. The van der Waals surface area contributed by atoms with Crippen molar-refractivity contribution in [2.45, 2.75) is 118 Å². The van der Waals surface area contributed by atoms with Gasteiger partial charge in [0.15, 0.2) is 0 Å². The van der Waals surface area contributed by atoms with Gasteiger partial charge in [-0.05, 0) is 109 Å². The summed E-state index contributed by atoms with van der Waals surface area (Å²) in [4.78, 5) is 0. The highest BCUT2D eigenvalue weighted by Crippen LogP contribution is 2.67. The second-order valence-electron chi connectivity index (χ2n) is 13.0. The van der Waals surface area contributed by atoms with Gasteiger partial charge >= 0.3 is 0 Å². The standard InChI is InChI=1S/C29H50O2/c1-7-20(18(2)3)9-8-19(4)23-10-11-24-22-17-27(31)26-16-21(30)12-14-29(26,6)25(22)13-15-28(23,24)5/h16,18-25,27,30-31H,7-15,17H2,1-6H3/t19-,20+,21+,22+,23-,24+,25+,27-,28-,29-/m1/s1. The number of fused-ring (bicyclic) bond motifs is 5. The average Bonchev–Trinajstić information content (AvgIpc) is 3.07. The minimum absolute atomic E-state index is 0.109. The lowest BCUT2D eigenvalue weighted by molar-refractivity contribution is -0.0875. The van der Waals surface area contributed by atoms with Crippen LogP contribution in [-0.4, -0.2) is 22.4 Å². The molecule has 0 aliphatic heterocycles. The molecule has 4 rings (SSSR count). The summed E-state index contributed by atoms with van der Waals surface area (Å²) >= 11 is 0. The zero-order valence-corrected chi connectivity index (χ0v) is 21.2. The zero-order valence-electron chi connectivity index (χ0n) is 21.2. The van der Waals surface area contributed by atoms with Crippen LogP contribution in [0.15, 0.2) is 11.6 Å². The van der Waals surface area contributed by atoms with Gasteiger partial charge in [-0.2, -0.15) is 0 Å². The van der Waals surface area contributed by atoms with E-state index in [2.05, 4.69) is 41.5 Å². The first-order chi connectivity index (χ1) is 14.6. The van der Waals surface area contributed by atoms with Crippen molar-refractivity contribution in [1.82, 2.24) is 0 Å². The molecule has 0 amide bonds. The molecule has 0 unspecified atom stereocenters. The summed E-state index contributed by atoms with van der Waals surface area (Å²) in [7, 11) is 0. The van der Waals surface area contributed by atoms with Crippen LogP contribution >= 0.6 is 0 Å². The zero-order chi connectivity index (χ0) is 22.6. The van der Waals surface area contributed by atoms with Crippen LogP contribution in [0.1, 0.15) is 106 Å². The molecule has 2 heteroatoms. The fourth-order valence-corrected chi connectivity index (χ4v) is 9.42. The number of hydrogen-bond donors (Lipinski definition) is 2. The Balaban J connectivity index is 1.50. The molecule has 0 spiro atoms. The molecule has 2 N–H and O–H groups in total. The quantitative estimate of drug-likeness (QED) is 0.446. The molecule has 10 atom stereocenters. The number of rotatable bonds is 6. The molecule has 2 nitrogen and oxygen atoms in total. The Kier molecular flexibility index (Phi) is 6.75. The predicted octanol–water partition coefficient (Wildman–Crippen LogP) is 7.00. The SMILES string of the molecule is CC[C@@H](CC[C@@H](C)[C@H]1CC[C@H]2[C@@H]3C[C@@H](O)C4=C[C@@H](O)CC[C@]4(C)[C@H]3CC[C@]12C)C(C)C. The van der Waals surface area contributed by atoms with Gasteiger partial charge in [0, 0.05) is 0 Å². The van der Waals surface area contributed by atoms with Gasteiger partial charge in [-0.15, -0.1) is 0 Å². The normalized spacial score (nSPS) is 46.7. The van der Waals surface area contributed by atoms with Gasteiger partial charge in [0.2, 0.25) is 0 Å². The van der Waals surface area contributed by atoms with Crippen LogP contribution < -0.4 is 0 Å². The van der Waals surface area contributed by atoms with Gasteiger partial charge in [0.05, 0.1) is 12.2 Å². The van der Waals surface area contributed by atoms with Gasteiger partial charge in [0.1, 0.15) is 0 Å². The topological polar surface area (TPSA) is 40.5 Å². The Bertz CT molecular complexity index is 668. The van der Waals surface area contributed by atoms with Crippen molar-refractivity contribution in [3.05, 3.63) is 11.6 Å². The van der Waals surface area contributed by atoms with Crippen molar-refractivity contribution in [1.29, 1.82) is 0 Å². The van der Waals surface area contributed by atoms with E-state index in [-0.39, 0.29) is 17.6 Å². The molecule has 4 aliphatic rings. The maximum atomic E-state index is 11.2. The molecule has 0 bridgehead atoms. The summed E-state index contributed by atoms with van der Waals surface area (Å²) in [6.45, 7) is 14.8. The van der Waals surface area contributed by atoms with Gasteiger partial charge in [-0.3, -0.25) is 0 Å². The molecular formula is C29H50O2. The Morgan fingerprint density at radius 1 is 0.968 bits per heavy atom. The fourth-order valence-electron chi connectivity index (χ4n) is 9.42. The fraction of sp³-hybridized carbons (Fsp3) is 0.931. The third kappa shape index (κ3) is 3.96. The van der Waals surface area contributed by atoms with Gasteiger partial charge in [-0.1, -0.05) is 60.5 Å². The van der Waals surface area contributed by atoms with E-state index in [1.54, 1.807) is 0 Å². The molecule has 178 valence electrons. The highest BCUT2D eigenvalue weighted by molar-refractivity contribution is 5.29. The predicted molar refractivity (Wildman–Crippen MR) is 130 cm³/mol. The van der Waals surface area contributed by atoms with Gasteiger partial charge < -0.3 is 10.2 Å². The van der Waals surface area contributed by atoms with Crippen LogP contribution in [0.5, 0.6) is 0 Å². The lowest BCUT2D eigenvalue weighted by atomic mass is 9.46. The maximum Gasteiger partial charge on any atom is 0.0759 e. The summed E-state index contributed by atoms with van der Waals surface area (Å²) in [5.41, 5.74) is 1.75. The van der Waals surface area contributed by atoms with E-state index in [1.807, 2.05) is 6.08 Å². The highest BCUT2D eigenvalue weighted by Gasteiger charge is 2.60. The average molecular weight is 431 g/mol. The second-order valence-corrected chi connectivity index (χ2v) is 13.0. The van der Waals surface area contributed by atoms with Crippen LogP contribution in [0.25, 0.3) is 0 Å². The summed E-state index contributed by atoms with van der Waals surface area (Å²) < 4.78 is 0. The van der Waals surface area contributed by atoms with E-state index < -0.39 is 0 Å². The monoisotopic (exact) mass is 430 g/mol. The second kappa shape index (κ2) is 8.79. The van der Waals surface area contributed by atoms with Gasteiger partial charge in [0.25, 0.3) is 0 Å². The minimum Gasteiger partial charge on any atom is -0.389 e. The molecule has 0 aromatic carbocycles. The van der Waals surface area contributed by atoms with E-state index in [0.29, 0.717) is 17.3 Å². The van der Waals surface area contributed by atoms with Crippen molar-refractivity contribution in [2.24, 2.45) is 52.3 Å². The molecule has 4 aliphatic carbocycles. The first-order valence-electron chi connectivity index (χ1n) is 13.7. The molecule has 0 saturated heterocycles. The van der Waals surface area contributed by atoms with E-state index in [1.165, 1.54) is 50.5 Å². The first-order valence-corrected chi connectivity index (χ1v) is 13.7. The summed E-state index contributed by atoms with van der Waals surface area (Å²) in [5, 5.41) is 21.4. The molecule has 3 saturated carbocycles. The molecule has 0 aromatic rings. The largest absolute Gasteiger partial charge is 0.389 e. The molecule has 0 heterocycles. The van der Waals surface area contributed by atoms with Crippen molar-refractivity contribution in [3.63, 3.8) is 0 Å². The third-order valence-corrected chi connectivity index (χ3v) is 11.3.